The van der Waals surface area contributed by atoms with Gasteiger partial charge in [0.15, 0.2) is 0 Å². The third-order valence-corrected chi connectivity index (χ3v) is 2.32. The van der Waals surface area contributed by atoms with Crippen LogP contribution < -0.4 is 10.1 Å². The van der Waals surface area contributed by atoms with E-state index >= 15 is 0 Å². The number of carbonyl (C=O) groups is 3. The zero-order valence-electron chi connectivity index (χ0n) is 10.5. The Hall–Kier alpha value is -2.71. The van der Waals surface area contributed by atoms with Crippen LogP contribution in [0.4, 0.5) is 8.78 Å². The van der Waals surface area contributed by atoms with Crippen LogP contribution in [0.5, 0.6) is 5.75 Å². The standard InChI is InChI=1S/C12H11F2NO6/c13-12(14)21-7-3-1-6(2-4-7)10(18)15-8(11(19)20)5-9(16)17/h1-4,8,12H,5H2,(H,15,18)(H,16,17)(H,19,20)/t8-/m1/s1. The highest BCUT2D eigenvalue weighted by atomic mass is 19.3. The second-order valence-corrected chi connectivity index (χ2v) is 3.87. The minimum Gasteiger partial charge on any atom is -0.481 e. The number of halogens is 2. The predicted molar refractivity (Wildman–Crippen MR) is 64.2 cm³/mol. The van der Waals surface area contributed by atoms with Gasteiger partial charge in [0, 0.05) is 5.56 Å². The molecule has 21 heavy (non-hydrogen) atoms. The number of benzene rings is 1. The van der Waals surface area contributed by atoms with Crippen molar-refractivity contribution in [1.82, 2.24) is 5.32 Å². The molecule has 7 nitrogen and oxygen atoms in total. The number of rotatable bonds is 7. The van der Waals surface area contributed by atoms with E-state index in [1.165, 1.54) is 0 Å². The molecule has 3 N–H and O–H groups in total. The minimum atomic E-state index is -3.00. The number of carboxylic acid groups (broad SMARTS) is 2. The Morgan fingerprint density at radius 1 is 1.14 bits per heavy atom. The molecule has 1 aromatic carbocycles. The van der Waals surface area contributed by atoms with Crippen LogP contribution in [0.15, 0.2) is 24.3 Å². The molecule has 114 valence electrons. The van der Waals surface area contributed by atoms with Gasteiger partial charge in [-0.25, -0.2) is 4.79 Å². The molecule has 1 atom stereocenters. The first-order valence-electron chi connectivity index (χ1n) is 5.60. The van der Waals surface area contributed by atoms with Crippen molar-refractivity contribution >= 4 is 17.8 Å². The molecule has 0 unspecified atom stereocenters. The summed E-state index contributed by atoms with van der Waals surface area (Å²) in [5.41, 5.74) is -0.0201. The van der Waals surface area contributed by atoms with Gasteiger partial charge in [-0.15, -0.1) is 0 Å². The van der Waals surface area contributed by atoms with Crippen LogP contribution in [0, 0.1) is 0 Å². The van der Waals surface area contributed by atoms with Gasteiger partial charge in [0.1, 0.15) is 11.8 Å². The van der Waals surface area contributed by atoms with Gasteiger partial charge in [-0.2, -0.15) is 8.78 Å². The molecule has 0 fully saturated rings. The van der Waals surface area contributed by atoms with Gasteiger partial charge in [-0.3, -0.25) is 9.59 Å². The Bertz CT molecular complexity index is 531. The van der Waals surface area contributed by atoms with Crippen molar-refractivity contribution in [3.8, 4) is 5.75 Å². The van der Waals surface area contributed by atoms with Gasteiger partial charge >= 0.3 is 18.6 Å². The van der Waals surface area contributed by atoms with Crippen LogP contribution in [0.2, 0.25) is 0 Å². The average Bonchev–Trinajstić information content (AvgIpc) is 2.37. The quantitative estimate of drug-likeness (QED) is 0.691. The van der Waals surface area contributed by atoms with E-state index < -0.39 is 36.9 Å². The number of carbonyl (C=O) groups excluding carboxylic acids is 1. The lowest BCUT2D eigenvalue weighted by Crippen LogP contribution is -2.42. The summed E-state index contributed by atoms with van der Waals surface area (Å²) in [4.78, 5) is 33.0. The van der Waals surface area contributed by atoms with Gasteiger partial charge in [0.25, 0.3) is 5.91 Å². The molecule has 1 aromatic rings. The Balaban J connectivity index is 2.73. The largest absolute Gasteiger partial charge is 0.481 e. The number of hydrogen-bond donors (Lipinski definition) is 3. The molecule has 0 aromatic heterocycles. The number of aliphatic carboxylic acids is 2. The van der Waals surface area contributed by atoms with Crippen molar-refractivity contribution < 1.29 is 38.1 Å². The molecule has 1 rings (SSSR count). The van der Waals surface area contributed by atoms with Crippen LogP contribution in [0.1, 0.15) is 16.8 Å². The molecule has 0 saturated heterocycles. The zero-order valence-corrected chi connectivity index (χ0v) is 10.5. The zero-order chi connectivity index (χ0) is 16.0. The van der Waals surface area contributed by atoms with E-state index in [0.717, 1.165) is 24.3 Å². The predicted octanol–water partition coefficient (Wildman–Crippen LogP) is 0.946. The molecule has 0 aliphatic carbocycles. The molecule has 0 spiro atoms. The molecule has 0 aliphatic rings. The van der Waals surface area contributed by atoms with Crippen molar-refractivity contribution in [3.63, 3.8) is 0 Å². The number of carboxylic acids is 2. The molecule has 0 radical (unpaired) electrons. The minimum absolute atomic E-state index is 0.0201. The number of alkyl halides is 2. The lowest BCUT2D eigenvalue weighted by atomic mass is 10.1. The van der Waals surface area contributed by atoms with E-state index in [4.69, 9.17) is 10.2 Å². The van der Waals surface area contributed by atoms with Gasteiger partial charge in [0.2, 0.25) is 0 Å². The third kappa shape index (κ3) is 5.43. The maximum atomic E-state index is 11.9. The lowest BCUT2D eigenvalue weighted by Gasteiger charge is -2.12. The van der Waals surface area contributed by atoms with Gasteiger partial charge in [0.05, 0.1) is 6.42 Å². The Kier molecular flexibility index (Phi) is 5.58. The molecule has 0 heterocycles. The molecular weight excluding hydrogens is 292 g/mol. The summed E-state index contributed by atoms with van der Waals surface area (Å²) in [6, 6.07) is 2.91. The fraction of sp³-hybridized carbons (Fsp3) is 0.250. The lowest BCUT2D eigenvalue weighted by molar-refractivity contribution is -0.145. The van der Waals surface area contributed by atoms with E-state index in [2.05, 4.69) is 4.74 Å². The first-order chi connectivity index (χ1) is 9.79. The van der Waals surface area contributed by atoms with E-state index in [1.54, 1.807) is 0 Å². The summed E-state index contributed by atoms with van der Waals surface area (Å²) in [6.45, 7) is -3.00. The van der Waals surface area contributed by atoms with E-state index in [0.29, 0.717) is 0 Å². The topological polar surface area (TPSA) is 113 Å². The van der Waals surface area contributed by atoms with Crippen molar-refractivity contribution in [1.29, 1.82) is 0 Å². The fourth-order valence-electron chi connectivity index (χ4n) is 1.40. The summed E-state index contributed by atoms with van der Waals surface area (Å²) < 4.78 is 28.0. The van der Waals surface area contributed by atoms with Gasteiger partial charge < -0.3 is 20.3 Å². The van der Waals surface area contributed by atoms with Crippen LogP contribution in [-0.4, -0.2) is 40.7 Å². The SMILES string of the molecule is O=C(O)C[C@@H](NC(=O)c1ccc(OC(F)F)cc1)C(=O)O. The fourth-order valence-corrected chi connectivity index (χ4v) is 1.40. The second kappa shape index (κ2) is 7.17. The maximum absolute atomic E-state index is 11.9. The average molecular weight is 303 g/mol. The summed E-state index contributed by atoms with van der Waals surface area (Å²) >= 11 is 0. The summed E-state index contributed by atoms with van der Waals surface area (Å²) in [7, 11) is 0. The molecule has 9 heteroatoms. The summed E-state index contributed by atoms with van der Waals surface area (Å²) in [6.07, 6.45) is -0.784. The Labute approximate surface area is 117 Å². The van der Waals surface area contributed by atoms with Crippen molar-refractivity contribution in [2.75, 3.05) is 0 Å². The second-order valence-electron chi connectivity index (χ2n) is 3.87. The van der Waals surface area contributed by atoms with Crippen LogP contribution in [0.3, 0.4) is 0 Å². The van der Waals surface area contributed by atoms with Crippen LogP contribution >= 0.6 is 0 Å². The van der Waals surface area contributed by atoms with Gasteiger partial charge in [-0.1, -0.05) is 0 Å². The molecule has 0 saturated carbocycles. The molecule has 0 aliphatic heterocycles. The summed E-state index contributed by atoms with van der Waals surface area (Å²) in [5, 5.41) is 19.3. The number of ether oxygens (including phenoxy) is 1. The van der Waals surface area contributed by atoms with Crippen molar-refractivity contribution in [3.05, 3.63) is 29.8 Å². The van der Waals surface area contributed by atoms with Crippen molar-refractivity contribution in [2.45, 2.75) is 19.1 Å². The maximum Gasteiger partial charge on any atom is 0.387 e. The first-order valence-corrected chi connectivity index (χ1v) is 5.60. The molecule has 0 bridgehead atoms. The van der Waals surface area contributed by atoms with Crippen molar-refractivity contribution in [2.24, 2.45) is 0 Å². The van der Waals surface area contributed by atoms with Crippen LogP contribution in [-0.2, 0) is 9.59 Å². The Morgan fingerprint density at radius 2 is 1.71 bits per heavy atom. The molecule has 1 amide bonds. The molecular formula is C12H11F2NO6. The number of nitrogens with one attached hydrogen (secondary N) is 1. The third-order valence-electron chi connectivity index (χ3n) is 2.32. The van der Waals surface area contributed by atoms with Crippen LogP contribution in [0.25, 0.3) is 0 Å². The Morgan fingerprint density at radius 3 is 2.14 bits per heavy atom. The van der Waals surface area contributed by atoms with Gasteiger partial charge in [-0.05, 0) is 24.3 Å². The van der Waals surface area contributed by atoms with E-state index in [1.807, 2.05) is 5.32 Å². The normalized spacial score (nSPS) is 11.8. The monoisotopic (exact) mass is 303 g/mol. The highest BCUT2D eigenvalue weighted by Crippen LogP contribution is 2.15. The van der Waals surface area contributed by atoms with E-state index in [-0.39, 0.29) is 11.3 Å². The van der Waals surface area contributed by atoms with E-state index in [9.17, 15) is 23.2 Å². The number of hydrogen-bond acceptors (Lipinski definition) is 4. The highest BCUT2D eigenvalue weighted by molar-refractivity contribution is 5.97. The first kappa shape index (κ1) is 16.3. The number of amides is 1. The smallest absolute Gasteiger partial charge is 0.387 e. The summed E-state index contributed by atoms with van der Waals surface area (Å²) in [5.74, 6) is -3.89. The highest BCUT2D eigenvalue weighted by Gasteiger charge is 2.23.